The molecule has 4 nitrogen and oxygen atoms in total. The highest BCUT2D eigenvalue weighted by molar-refractivity contribution is 5.56. The second kappa shape index (κ2) is 4.36. The molecule has 0 fully saturated rings. The molecular formula is C11H7FN4. The normalized spacial score (nSPS) is 9.50. The lowest BCUT2D eigenvalue weighted by atomic mass is 10.3. The number of hydrogen-bond donors (Lipinski definition) is 1. The highest BCUT2D eigenvalue weighted by Crippen LogP contribution is 2.17. The van der Waals surface area contributed by atoms with Crippen LogP contribution >= 0.6 is 0 Å². The van der Waals surface area contributed by atoms with Crippen LogP contribution < -0.4 is 5.32 Å². The SMILES string of the molecule is N#Cc1ccc(Nc2ccccc2F)nn1. The molecule has 0 aliphatic heterocycles. The van der Waals surface area contributed by atoms with Crippen LogP contribution in [0.4, 0.5) is 15.9 Å². The maximum absolute atomic E-state index is 13.3. The minimum absolute atomic E-state index is 0.221. The van der Waals surface area contributed by atoms with E-state index in [1.54, 1.807) is 24.3 Å². The van der Waals surface area contributed by atoms with Crippen molar-refractivity contribution < 1.29 is 4.39 Å². The molecule has 0 unspecified atom stereocenters. The van der Waals surface area contributed by atoms with Gasteiger partial charge in [0.25, 0.3) is 0 Å². The molecule has 2 rings (SSSR count). The van der Waals surface area contributed by atoms with Crippen LogP contribution in [0.15, 0.2) is 36.4 Å². The Hall–Kier alpha value is -2.48. The van der Waals surface area contributed by atoms with Gasteiger partial charge in [-0.05, 0) is 24.3 Å². The molecule has 1 N–H and O–H groups in total. The average Bonchev–Trinajstić information content (AvgIpc) is 2.33. The van der Waals surface area contributed by atoms with Gasteiger partial charge in [0.1, 0.15) is 11.9 Å². The summed E-state index contributed by atoms with van der Waals surface area (Å²) in [5.41, 5.74) is 0.542. The predicted molar refractivity (Wildman–Crippen MR) is 56.4 cm³/mol. The van der Waals surface area contributed by atoms with Crippen molar-refractivity contribution in [3.05, 3.63) is 47.9 Å². The quantitative estimate of drug-likeness (QED) is 0.832. The summed E-state index contributed by atoms with van der Waals surface area (Å²) in [7, 11) is 0. The second-order valence-corrected chi connectivity index (χ2v) is 3.02. The summed E-state index contributed by atoms with van der Waals surface area (Å²) in [6.45, 7) is 0. The van der Waals surface area contributed by atoms with Crippen molar-refractivity contribution in [2.24, 2.45) is 0 Å². The first-order valence-electron chi connectivity index (χ1n) is 4.55. The molecule has 0 radical (unpaired) electrons. The molecule has 1 heterocycles. The number of hydrogen-bond acceptors (Lipinski definition) is 4. The number of nitrogens with one attached hydrogen (secondary N) is 1. The van der Waals surface area contributed by atoms with Gasteiger partial charge in [-0.2, -0.15) is 5.26 Å². The molecule has 78 valence electrons. The first-order valence-corrected chi connectivity index (χ1v) is 4.55. The van der Waals surface area contributed by atoms with Crippen LogP contribution in [0.25, 0.3) is 0 Å². The molecule has 1 aromatic carbocycles. The van der Waals surface area contributed by atoms with Gasteiger partial charge >= 0.3 is 0 Å². The summed E-state index contributed by atoms with van der Waals surface area (Å²) in [5.74, 6) is 0.0257. The van der Waals surface area contributed by atoms with Gasteiger partial charge in [-0.25, -0.2) is 4.39 Å². The predicted octanol–water partition coefficient (Wildman–Crippen LogP) is 2.23. The summed E-state index contributed by atoms with van der Waals surface area (Å²) < 4.78 is 13.3. The van der Waals surface area contributed by atoms with E-state index in [4.69, 9.17) is 5.26 Å². The third-order valence-corrected chi connectivity index (χ3v) is 1.92. The van der Waals surface area contributed by atoms with Gasteiger partial charge in [0.2, 0.25) is 0 Å². The first-order chi connectivity index (χ1) is 7.79. The average molecular weight is 214 g/mol. The fraction of sp³-hybridized carbons (Fsp3) is 0. The van der Waals surface area contributed by atoms with Crippen molar-refractivity contribution in [2.45, 2.75) is 0 Å². The fourth-order valence-electron chi connectivity index (χ4n) is 1.16. The fourth-order valence-corrected chi connectivity index (χ4v) is 1.16. The van der Waals surface area contributed by atoms with Crippen molar-refractivity contribution in [3.63, 3.8) is 0 Å². The number of nitriles is 1. The molecule has 0 saturated heterocycles. The molecule has 5 heteroatoms. The minimum atomic E-state index is -0.367. The minimum Gasteiger partial charge on any atom is -0.336 e. The van der Waals surface area contributed by atoms with Gasteiger partial charge < -0.3 is 5.32 Å². The number of nitrogens with zero attached hydrogens (tertiary/aromatic N) is 3. The van der Waals surface area contributed by atoms with Crippen LogP contribution in [0.1, 0.15) is 5.69 Å². The van der Waals surface area contributed by atoms with Gasteiger partial charge in [-0.1, -0.05) is 12.1 Å². The Morgan fingerprint density at radius 1 is 1.12 bits per heavy atom. The Bertz CT molecular complexity index is 530. The first kappa shape index (κ1) is 10.1. The van der Waals surface area contributed by atoms with Crippen molar-refractivity contribution in [3.8, 4) is 6.07 Å². The van der Waals surface area contributed by atoms with Gasteiger partial charge in [-0.15, -0.1) is 10.2 Å². The van der Waals surface area contributed by atoms with E-state index in [1.165, 1.54) is 12.1 Å². The molecule has 0 amide bonds. The van der Waals surface area contributed by atoms with E-state index in [-0.39, 0.29) is 11.5 Å². The van der Waals surface area contributed by atoms with E-state index in [0.29, 0.717) is 11.5 Å². The van der Waals surface area contributed by atoms with E-state index in [2.05, 4.69) is 15.5 Å². The molecule has 0 spiro atoms. The van der Waals surface area contributed by atoms with Gasteiger partial charge in [-0.3, -0.25) is 0 Å². The van der Waals surface area contributed by atoms with Crippen molar-refractivity contribution >= 4 is 11.5 Å². The molecule has 0 aliphatic carbocycles. The Kier molecular flexibility index (Phi) is 2.74. The van der Waals surface area contributed by atoms with Crippen LogP contribution in [0.5, 0.6) is 0 Å². The zero-order valence-corrected chi connectivity index (χ0v) is 8.18. The van der Waals surface area contributed by atoms with Crippen LogP contribution in [0.2, 0.25) is 0 Å². The second-order valence-electron chi connectivity index (χ2n) is 3.02. The van der Waals surface area contributed by atoms with Gasteiger partial charge in [0.05, 0.1) is 5.69 Å². The smallest absolute Gasteiger partial charge is 0.163 e. The molecular weight excluding hydrogens is 207 g/mol. The van der Waals surface area contributed by atoms with Gasteiger partial charge in [0.15, 0.2) is 11.5 Å². The van der Waals surface area contributed by atoms with E-state index in [1.807, 2.05) is 6.07 Å². The van der Waals surface area contributed by atoms with Crippen LogP contribution in [-0.2, 0) is 0 Å². The van der Waals surface area contributed by atoms with E-state index < -0.39 is 0 Å². The van der Waals surface area contributed by atoms with E-state index in [9.17, 15) is 4.39 Å². The Morgan fingerprint density at radius 3 is 2.56 bits per heavy atom. The number of para-hydroxylation sites is 1. The Morgan fingerprint density at radius 2 is 1.94 bits per heavy atom. The molecule has 0 aliphatic rings. The zero-order chi connectivity index (χ0) is 11.4. The zero-order valence-electron chi connectivity index (χ0n) is 8.18. The maximum atomic E-state index is 13.3. The molecule has 2 aromatic rings. The van der Waals surface area contributed by atoms with Crippen molar-refractivity contribution in [1.29, 1.82) is 5.26 Å². The topological polar surface area (TPSA) is 61.6 Å². The molecule has 16 heavy (non-hydrogen) atoms. The van der Waals surface area contributed by atoms with Crippen molar-refractivity contribution in [2.75, 3.05) is 5.32 Å². The molecule has 0 bridgehead atoms. The number of aromatic nitrogens is 2. The highest BCUT2D eigenvalue weighted by Gasteiger charge is 2.02. The number of rotatable bonds is 2. The lowest BCUT2D eigenvalue weighted by Crippen LogP contribution is -1.98. The van der Waals surface area contributed by atoms with Gasteiger partial charge in [0, 0.05) is 0 Å². The Labute approximate surface area is 91.4 Å². The van der Waals surface area contributed by atoms with Crippen molar-refractivity contribution in [1.82, 2.24) is 10.2 Å². The third kappa shape index (κ3) is 2.12. The standard InChI is InChI=1S/C11H7FN4/c12-9-3-1-2-4-10(9)14-11-6-5-8(7-13)15-16-11/h1-6H,(H,14,16). The summed E-state index contributed by atoms with van der Waals surface area (Å²) in [6.07, 6.45) is 0. The van der Waals surface area contributed by atoms with Crippen LogP contribution in [0, 0.1) is 17.1 Å². The number of benzene rings is 1. The van der Waals surface area contributed by atoms with Crippen LogP contribution in [-0.4, -0.2) is 10.2 Å². The maximum Gasteiger partial charge on any atom is 0.163 e. The summed E-state index contributed by atoms with van der Waals surface area (Å²) in [5, 5.41) is 18.7. The van der Waals surface area contributed by atoms with Crippen LogP contribution in [0.3, 0.4) is 0 Å². The van der Waals surface area contributed by atoms with E-state index >= 15 is 0 Å². The molecule has 0 saturated carbocycles. The number of anilines is 2. The highest BCUT2D eigenvalue weighted by atomic mass is 19.1. The Balaban J connectivity index is 2.22. The molecule has 0 atom stereocenters. The largest absolute Gasteiger partial charge is 0.336 e. The number of halogens is 1. The molecule has 1 aromatic heterocycles. The monoisotopic (exact) mass is 214 g/mol. The summed E-state index contributed by atoms with van der Waals surface area (Å²) >= 11 is 0. The lowest BCUT2D eigenvalue weighted by molar-refractivity contribution is 0.631. The summed E-state index contributed by atoms with van der Waals surface area (Å²) in [6, 6.07) is 11.2. The third-order valence-electron chi connectivity index (χ3n) is 1.92. The lowest BCUT2D eigenvalue weighted by Gasteiger charge is -2.04. The van der Waals surface area contributed by atoms with E-state index in [0.717, 1.165) is 0 Å². The summed E-state index contributed by atoms with van der Waals surface area (Å²) in [4.78, 5) is 0.